The lowest BCUT2D eigenvalue weighted by molar-refractivity contribution is -0.136. The third-order valence-electron chi connectivity index (χ3n) is 1.95. The zero-order valence-electron chi connectivity index (χ0n) is 8.45. The number of nitrogens with zero attached hydrogens (tertiary/aromatic N) is 3. The molecule has 2 aromatic rings. The number of aliphatic carboxylic acids is 1. The molecule has 2 heterocycles. The maximum Gasteiger partial charge on any atom is 0.309 e. The molecule has 0 saturated carbocycles. The van der Waals surface area contributed by atoms with E-state index >= 15 is 0 Å². The zero-order valence-corrected chi connectivity index (χ0v) is 10.1. The molecule has 0 aliphatic heterocycles. The molecule has 0 unspecified atom stereocenters. The summed E-state index contributed by atoms with van der Waals surface area (Å²) in [7, 11) is 0. The zero-order chi connectivity index (χ0) is 10.1. The standard InChI is InChI=1S/C9H9N3O2.2ClH/c1-6-3-10-4-8-11-7(2-9(13)14)5-12(6)8;;/h3-5H,2H2,1H3,(H,13,14);2*1H. The summed E-state index contributed by atoms with van der Waals surface area (Å²) in [6, 6.07) is 0. The van der Waals surface area contributed by atoms with Crippen molar-refractivity contribution in [2.24, 2.45) is 0 Å². The third-order valence-corrected chi connectivity index (χ3v) is 1.95. The molecular weight excluding hydrogens is 253 g/mol. The number of aromatic nitrogens is 3. The summed E-state index contributed by atoms with van der Waals surface area (Å²) in [6.45, 7) is 1.90. The second-order valence-corrected chi connectivity index (χ2v) is 3.08. The highest BCUT2D eigenvalue weighted by atomic mass is 35.5. The quantitative estimate of drug-likeness (QED) is 0.892. The van der Waals surface area contributed by atoms with Crippen LogP contribution in [0.25, 0.3) is 5.65 Å². The average molecular weight is 264 g/mol. The van der Waals surface area contributed by atoms with Gasteiger partial charge in [0, 0.05) is 18.1 Å². The minimum Gasteiger partial charge on any atom is -0.481 e. The van der Waals surface area contributed by atoms with Crippen molar-refractivity contribution in [2.45, 2.75) is 13.3 Å². The molecule has 0 radical (unpaired) electrons. The number of carbonyl (C=O) groups is 1. The van der Waals surface area contributed by atoms with Gasteiger partial charge >= 0.3 is 5.97 Å². The van der Waals surface area contributed by atoms with Crippen LogP contribution >= 0.6 is 24.8 Å². The van der Waals surface area contributed by atoms with Gasteiger partial charge in [0.1, 0.15) is 0 Å². The molecule has 88 valence electrons. The Balaban J connectivity index is 0.00000112. The smallest absolute Gasteiger partial charge is 0.309 e. The van der Waals surface area contributed by atoms with Crippen molar-refractivity contribution in [2.75, 3.05) is 0 Å². The van der Waals surface area contributed by atoms with E-state index in [1.54, 1.807) is 18.6 Å². The molecular formula is C9H11Cl2N3O2. The summed E-state index contributed by atoms with van der Waals surface area (Å²) in [6.07, 6.45) is 4.99. The van der Waals surface area contributed by atoms with Crippen LogP contribution < -0.4 is 0 Å². The fourth-order valence-corrected chi connectivity index (χ4v) is 1.33. The lowest BCUT2D eigenvalue weighted by Crippen LogP contribution is -1.99. The molecule has 2 rings (SSSR count). The molecule has 0 saturated heterocycles. The Labute approximate surface area is 104 Å². The Morgan fingerprint density at radius 2 is 2.12 bits per heavy atom. The van der Waals surface area contributed by atoms with Crippen LogP contribution in [0.5, 0.6) is 0 Å². The third kappa shape index (κ3) is 2.84. The number of halogens is 2. The predicted molar refractivity (Wildman–Crippen MR) is 63.6 cm³/mol. The van der Waals surface area contributed by atoms with Crippen LogP contribution in [-0.2, 0) is 11.2 Å². The molecule has 0 aliphatic rings. The van der Waals surface area contributed by atoms with Gasteiger partial charge in [-0.25, -0.2) is 4.98 Å². The normalized spacial score (nSPS) is 9.31. The van der Waals surface area contributed by atoms with Crippen molar-refractivity contribution in [3.05, 3.63) is 30.0 Å². The summed E-state index contributed by atoms with van der Waals surface area (Å²) in [5, 5.41) is 8.60. The highest BCUT2D eigenvalue weighted by Crippen LogP contribution is 2.06. The molecule has 0 fully saturated rings. The van der Waals surface area contributed by atoms with E-state index in [2.05, 4.69) is 9.97 Å². The van der Waals surface area contributed by atoms with E-state index in [1.807, 2.05) is 11.3 Å². The molecule has 5 nitrogen and oxygen atoms in total. The second-order valence-electron chi connectivity index (χ2n) is 3.08. The first-order valence-electron chi connectivity index (χ1n) is 4.17. The van der Waals surface area contributed by atoms with E-state index in [9.17, 15) is 4.79 Å². The minimum atomic E-state index is -0.876. The second kappa shape index (κ2) is 5.67. The van der Waals surface area contributed by atoms with Gasteiger partial charge in [-0.2, -0.15) is 0 Å². The number of rotatable bonds is 2. The van der Waals surface area contributed by atoms with E-state index in [0.29, 0.717) is 11.3 Å². The largest absolute Gasteiger partial charge is 0.481 e. The van der Waals surface area contributed by atoms with E-state index in [1.165, 1.54) is 0 Å². The van der Waals surface area contributed by atoms with Crippen LogP contribution in [0.4, 0.5) is 0 Å². The Bertz CT molecular complexity index is 498. The molecule has 7 heteroatoms. The van der Waals surface area contributed by atoms with Crippen LogP contribution in [-0.4, -0.2) is 25.4 Å². The summed E-state index contributed by atoms with van der Waals surface area (Å²) < 4.78 is 1.82. The first kappa shape index (κ1) is 14.7. The highest BCUT2D eigenvalue weighted by Gasteiger charge is 2.06. The topological polar surface area (TPSA) is 67.5 Å². The van der Waals surface area contributed by atoms with E-state index in [-0.39, 0.29) is 31.2 Å². The van der Waals surface area contributed by atoms with Crippen LogP contribution in [0.15, 0.2) is 18.6 Å². The first-order chi connectivity index (χ1) is 6.66. The first-order valence-corrected chi connectivity index (χ1v) is 4.17. The summed E-state index contributed by atoms with van der Waals surface area (Å²) in [4.78, 5) is 18.6. The number of fused-ring (bicyclic) bond motifs is 1. The van der Waals surface area contributed by atoms with Gasteiger partial charge in [0.15, 0.2) is 5.65 Å². The van der Waals surface area contributed by atoms with Crippen molar-refractivity contribution in [3.63, 3.8) is 0 Å². The van der Waals surface area contributed by atoms with Gasteiger partial charge in [-0.3, -0.25) is 9.78 Å². The maximum atomic E-state index is 10.5. The monoisotopic (exact) mass is 263 g/mol. The van der Waals surface area contributed by atoms with Crippen molar-refractivity contribution in [3.8, 4) is 0 Å². The molecule has 2 aromatic heterocycles. The number of aryl methyl sites for hydroxylation is 1. The van der Waals surface area contributed by atoms with Crippen LogP contribution in [0, 0.1) is 6.92 Å². The number of carboxylic acid groups (broad SMARTS) is 1. The molecule has 1 N–H and O–H groups in total. The average Bonchev–Trinajstić information content (AvgIpc) is 2.47. The van der Waals surface area contributed by atoms with Gasteiger partial charge in [0.25, 0.3) is 0 Å². The van der Waals surface area contributed by atoms with Crippen LogP contribution in [0.3, 0.4) is 0 Å². The van der Waals surface area contributed by atoms with E-state index in [4.69, 9.17) is 5.11 Å². The summed E-state index contributed by atoms with van der Waals surface area (Å²) in [5.74, 6) is -0.876. The lowest BCUT2D eigenvalue weighted by atomic mass is 10.3. The van der Waals surface area contributed by atoms with Crippen molar-refractivity contribution >= 4 is 36.4 Å². The number of hydrogen-bond donors (Lipinski definition) is 1. The molecule has 16 heavy (non-hydrogen) atoms. The number of carboxylic acids is 1. The molecule has 0 bridgehead atoms. The van der Waals surface area contributed by atoms with E-state index in [0.717, 1.165) is 5.69 Å². The molecule has 0 atom stereocenters. The number of imidazole rings is 1. The molecule has 0 aromatic carbocycles. The fourth-order valence-electron chi connectivity index (χ4n) is 1.33. The summed E-state index contributed by atoms with van der Waals surface area (Å²) >= 11 is 0. The Kier molecular flexibility index (Phi) is 5.20. The van der Waals surface area contributed by atoms with Gasteiger partial charge in [0.2, 0.25) is 0 Å². The van der Waals surface area contributed by atoms with Crippen LogP contribution in [0.2, 0.25) is 0 Å². The summed E-state index contributed by atoms with van der Waals surface area (Å²) in [5.41, 5.74) is 2.17. The van der Waals surface area contributed by atoms with Crippen molar-refractivity contribution in [1.82, 2.24) is 14.4 Å². The van der Waals surface area contributed by atoms with Gasteiger partial charge < -0.3 is 9.51 Å². The Hall–Kier alpha value is -1.33. The number of hydrogen-bond acceptors (Lipinski definition) is 3. The Morgan fingerprint density at radius 3 is 2.69 bits per heavy atom. The van der Waals surface area contributed by atoms with E-state index < -0.39 is 5.97 Å². The lowest BCUT2D eigenvalue weighted by Gasteiger charge is -1.94. The fraction of sp³-hybridized carbons (Fsp3) is 0.222. The van der Waals surface area contributed by atoms with Crippen molar-refractivity contribution in [1.29, 1.82) is 0 Å². The van der Waals surface area contributed by atoms with Crippen molar-refractivity contribution < 1.29 is 9.90 Å². The predicted octanol–water partition coefficient (Wildman–Crippen LogP) is 1.51. The van der Waals surface area contributed by atoms with Gasteiger partial charge in [-0.1, -0.05) is 0 Å². The Morgan fingerprint density at radius 1 is 1.44 bits per heavy atom. The minimum absolute atomic E-state index is 0. The molecule has 0 aliphatic carbocycles. The maximum absolute atomic E-state index is 10.5. The highest BCUT2D eigenvalue weighted by molar-refractivity contribution is 5.85. The molecule has 0 amide bonds. The molecule has 0 spiro atoms. The van der Waals surface area contributed by atoms with Gasteiger partial charge in [-0.05, 0) is 6.92 Å². The van der Waals surface area contributed by atoms with Gasteiger partial charge in [0.05, 0.1) is 18.3 Å². The SMILES string of the molecule is Cc1cncc2nc(CC(=O)O)cn12.Cl.Cl. The van der Waals surface area contributed by atoms with Crippen LogP contribution in [0.1, 0.15) is 11.4 Å². The van der Waals surface area contributed by atoms with Gasteiger partial charge in [-0.15, -0.1) is 24.8 Å².